The Morgan fingerprint density at radius 3 is 2.26 bits per heavy atom. The Morgan fingerprint density at radius 1 is 0.968 bits per heavy atom. The Balaban J connectivity index is 1.98. The van der Waals surface area contributed by atoms with E-state index in [1.165, 1.54) is 32.4 Å². The van der Waals surface area contributed by atoms with Crippen LogP contribution in [-0.2, 0) is 14.8 Å². The number of ether oxygens (including phenoxy) is 2. The van der Waals surface area contributed by atoms with Gasteiger partial charge < -0.3 is 14.8 Å². The summed E-state index contributed by atoms with van der Waals surface area (Å²) in [5, 5.41) is 3.00. The second kappa shape index (κ2) is 9.72. The fraction of sp³-hybridized carbons (Fsp3) is 0.136. The van der Waals surface area contributed by atoms with Crippen molar-refractivity contribution in [2.45, 2.75) is 4.90 Å². The van der Waals surface area contributed by atoms with E-state index >= 15 is 0 Å². The second-order valence-corrected chi connectivity index (χ2v) is 8.72. The minimum atomic E-state index is -4.09. The summed E-state index contributed by atoms with van der Waals surface area (Å²) in [6, 6.07) is 19.1. The van der Waals surface area contributed by atoms with Gasteiger partial charge in [0.25, 0.3) is 10.0 Å². The molecule has 0 unspecified atom stereocenters. The van der Waals surface area contributed by atoms with Crippen LogP contribution in [0.25, 0.3) is 0 Å². The summed E-state index contributed by atoms with van der Waals surface area (Å²) in [5.74, 6) is 0.364. The third kappa shape index (κ3) is 5.28. The maximum atomic E-state index is 13.4. The Morgan fingerprint density at radius 2 is 1.65 bits per heavy atom. The normalized spacial score (nSPS) is 10.9. The first-order valence-electron chi connectivity index (χ1n) is 9.20. The molecule has 162 valence electrons. The lowest BCUT2D eigenvalue weighted by Gasteiger charge is -2.26. The summed E-state index contributed by atoms with van der Waals surface area (Å²) in [6.45, 7) is -0.486. The van der Waals surface area contributed by atoms with Gasteiger partial charge in [-0.05, 0) is 54.6 Å². The van der Waals surface area contributed by atoms with Gasteiger partial charge in [-0.3, -0.25) is 9.10 Å². The van der Waals surface area contributed by atoms with Crippen LogP contribution in [0.5, 0.6) is 11.5 Å². The number of halogens is 1. The van der Waals surface area contributed by atoms with Crippen LogP contribution in [0.2, 0.25) is 5.02 Å². The standard InChI is InChI=1S/C22H21ClN2O5S/c1-29-18-11-9-17(10-12-18)24-22(26)15-25(20-14-16(23)8-13-21(20)30-2)31(27,28)19-6-4-3-5-7-19/h3-14H,15H2,1-2H3,(H,24,26). The number of amides is 1. The summed E-state index contributed by atoms with van der Waals surface area (Å²) in [7, 11) is -1.13. The molecule has 0 aliphatic rings. The number of carbonyl (C=O) groups excluding carboxylic acids is 1. The smallest absolute Gasteiger partial charge is 0.264 e. The van der Waals surface area contributed by atoms with Crippen molar-refractivity contribution in [3.63, 3.8) is 0 Å². The molecule has 7 nitrogen and oxygen atoms in total. The van der Waals surface area contributed by atoms with Crippen LogP contribution < -0.4 is 19.1 Å². The monoisotopic (exact) mass is 460 g/mol. The van der Waals surface area contributed by atoms with E-state index in [9.17, 15) is 13.2 Å². The van der Waals surface area contributed by atoms with Crippen LogP contribution >= 0.6 is 11.6 Å². The van der Waals surface area contributed by atoms with Crippen LogP contribution in [0.3, 0.4) is 0 Å². The van der Waals surface area contributed by atoms with Crippen molar-refractivity contribution in [2.24, 2.45) is 0 Å². The number of hydrogen-bond acceptors (Lipinski definition) is 5. The SMILES string of the molecule is COc1ccc(NC(=O)CN(c2cc(Cl)ccc2OC)S(=O)(=O)c2ccccc2)cc1. The molecule has 3 rings (SSSR count). The molecule has 9 heteroatoms. The molecule has 0 saturated carbocycles. The number of rotatable bonds is 8. The van der Waals surface area contributed by atoms with Crippen molar-refractivity contribution in [2.75, 3.05) is 30.4 Å². The van der Waals surface area contributed by atoms with Crippen LogP contribution in [-0.4, -0.2) is 35.1 Å². The maximum Gasteiger partial charge on any atom is 0.264 e. The van der Waals surface area contributed by atoms with E-state index in [0.29, 0.717) is 16.5 Å². The summed E-state index contributed by atoms with van der Waals surface area (Å²) >= 11 is 6.12. The third-order valence-electron chi connectivity index (χ3n) is 4.40. The van der Waals surface area contributed by atoms with Gasteiger partial charge in [0.2, 0.25) is 5.91 Å². The zero-order valence-electron chi connectivity index (χ0n) is 16.9. The summed E-state index contributed by atoms with van der Waals surface area (Å²) in [4.78, 5) is 12.8. The lowest BCUT2D eigenvalue weighted by Crippen LogP contribution is -2.38. The Labute approximate surface area is 186 Å². The molecule has 0 aliphatic carbocycles. The molecule has 31 heavy (non-hydrogen) atoms. The molecule has 0 spiro atoms. The molecule has 1 amide bonds. The van der Waals surface area contributed by atoms with Crippen molar-refractivity contribution in [3.05, 3.63) is 77.8 Å². The Bertz CT molecular complexity index is 1150. The topological polar surface area (TPSA) is 84.9 Å². The zero-order valence-corrected chi connectivity index (χ0v) is 18.5. The average molecular weight is 461 g/mol. The number of sulfonamides is 1. The lowest BCUT2D eigenvalue weighted by atomic mass is 10.3. The van der Waals surface area contributed by atoms with E-state index in [1.54, 1.807) is 54.6 Å². The van der Waals surface area contributed by atoms with Crippen molar-refractivity contribution in [1.29, 1.82) is 0 Å². The minimum Gasteiger partial charge on any atom is -0.497 e. The van der Waals surface area contributed by atoms with Crippen molar-refractivity contribution in [1.82, 2.24) is 0 Å². The molecule has 3 aromatic rings. The number of nitrogens with one attached hydrogen (secondary N) is 1. The number of hydrogen-bond donors (Lipinski definition) is 1. The summed E-state index contributed by atoms with van der Waals surface area (Å²) < 4.78 is 38.2. The first-order valence-corrected chi connectivity index (χ1v) is 11.0. The number of benzene rings is 3. The van der Waals surface area contributed by atoms with Gasteiger partial charge in [-0.1, -0.05) is 29.8 Å². The highest BCUT2D eigenvalue weighted by Gasteiger charge is 2.29. The largest absolute Gasteiger partial charge is 0.497 e. The van der Waals surface area contributed by atoms with Gasteiger partial charge in [0, 0.05) is 10.7 Å². The molecular weight excluding hydrogens is 440 g/mol. The van der Waals surface area contributed by atoms with Gasteiger partial charge in [-0.25, -0.2) is 8.42 Å². The van der Waals surface area contributed by atoms with Crippen LogP contribution in [0.15, 0.2) is 77.7 Å². The first kappa shape index (κ1) is 22.5. The number of anilines is 2. The molecule has 0 saturated heterocycles. The molecule has 0 radical (unpaired) electrons. The highest BCUT2D eigenvalue weighted by molar-refractivity contribution is 7.92. The molecule has 1 N–H and O–H groups in total. The lowest BCUT2D eigenvalue weighted by molar-refractivity contribution is -0.114. The van der Waals surface area contributed by atoms with Crippen LogP contribution in [0.4, 0.5) is 11.4 Å². The number of nitrogens with zero attached hydrogens (tertiary/aromatic N) is 1. The number of methoxy groups -OCH3 is 2. The minimum absolute atomic E-state index is 0.0364. The van der Waals surface area contributed by atoms with Crippen molar-refractivity contribution < 1.29 is 22.7 Å². The van der Waals surface area contributed by atoms with Crippen molar-refractivity contribution >= 4 is 38.9 Å². The fourth-order valence-corrected chi connectivity index (χ4v) is 4.49. The van der Waals surface area contributed by atoms with Gasteiger partial charge in [0.05, 0.1) is 24.8 Å². The molecule has 0 atom stereocenters. The van der Waals surface area contributed by atoms with Gasteiger partial charge in [0.1, 0.15) is 18.0 Å². The third-order valence-corrected chi connectivity index (χ3v) is 6.41. The zero-order chi connectivity index (χ0) is 22.4. The first-order chi connectivity index (χ1) is 14.8. The van der Waals surface area contributed by atoms with Crippen LogP contribution in [0.1, 0.15) is 0 Å². The molecule has 3 aromatic carbocycles. The summed E-state index contributed by atoms with van der Waals surface area (Å²) in [5.41, 5.74) is 0.657. The fourth-order valence-electron chi connectivity index (χ4n) is 2.88. The predicted octanol–water partition coefficient (Wildman–Crippen LogP) is 4.19. The van der Waals surface area contributed by atoms with Crippen LogP contribution in [0, 0.1) is 0 Å². The van der Waals surface area contributed by atoms with E-state index in [2.05, 4.69) is 5.32 Å². The predicted molar refractivity (Wildman–Crippen MR) is 121 cm³/mol. The molecule has 0 aromatic heterocycles. The number of carbonyl (C=O) groups is 1. The van der Waals surface area contributed by atoms with E-state index in [0.717, 1.165) is 4.31 Å². The van der Waals surface area contributed by atoms with E-state index < -0.39 is 22.5 Å². The maximum absolute atomic E-state index is 13.4. The average Bonchev–Trinajstić information content (AvgIpc) is 2.78. The summed E-state index contributed by atoms with van der Waals surface area (Å²) in [6.07, 6.45) is 0. The van der Waals surface area contributed by atoms with Gasteiger partial charge in [-0.15, -0.1) is 0 Å². The Kier molecular flexibility index (Phi) is 7.04. The van der Waals surface area contributed by atoms with Crippen molar-refractivity contribution in [3.8, 4) is 11.5 Å². The highest BCUT2D eigenvalue weighted by Crippen LogP contribution is 2.34. The quantitative estimate of drug-likeness (QED) is 0.544. The molecule has 0 fully saturated rings. The Hall–Kier alpha value is -3.23. The highest BCUT2D eigenvalue weighted by atomic mass is 35.5. The van der Waals surface area contributed by atoms with E-state index in [1.807, 2.05) is 0 Å². The van der Waals surface area contributed by atoms with E-state index in [4.69, 9.17) is 21.1 Å². The van der Waals surface area contributed by atoms with E-state index in [-0.39, 0.29) is 16.3 Å². The van der Waals surface area contributed by atoms with Gasteiger partial charge >= 0.3 is 0 Å². The molecule has 0 heterocycles. The molecular formula is C22H21ClN2O5S. The molecule has 0 bridgehead atoms. The molecule has 0 aliphatic heterocycles. The van der Waals surface area contributed by atoms with Gasteiger partial charge in [0.15, 0.2) is 0 Å². The second-order valence-electron chi connectivity index (χ2n) is 6.42. The van der Waals surface area contributed by atoms with Gasteiger partial charge in [-0.2, -0.15) is 0 Å².